The van der Waals surface area contributed by atoms with Crippen molar-refractivity contribution in [2.45, 2.75) is 26.7 Å². The van der Waals surface area contributed by atoms with Gasteiger partial charge in [-0.3, -0.25) is 0 Å². The SMILES string of the molecule is Cc1cc(C)nc(N2CCCC(C=O)C2)n1. The molecule has 4 heteroatoms. The van der Waals surface area contributed by atoms with Crippen LogP contribution in [0.1, 0.15) is 24.2 Å². The minimum absolute atomic E-state index is 0.137. The van der Waals surface area contributed by atoms with Gasteiger partial charge in [0.25, 0.3) is 0 Å². The van der Waals surface area contributed by atoms with Crippen LogP contribution in [0.15, 0.2) is 6.07 Å². The Morgan fingerprint density at radius 3 is 2.69 bits per heavy atom. The Balaban J connectivity index is 2.19. The van der Waals surface area contributed by atoms with Crippen molar-refractivity contribution in [3.05, 3.63) is 17.5 Å². The lowest BCUT2D eigenvalue weighted by atomic mass is 10.0. The van der Waals surface area contributed by atoms with Crippen LogP contribution in [0.3, 0.4) is 0 Å². The van der Waals surface area contributed by atoms with Crippen molar-refractivity contribution in [2.75, 3.05) is 18.0 Å². The molecule has 86 valence electrons. The standard InChI is InChI=1S/C12H17N3O/c1-9-6-10(2)14-12(13-9)15-5-3-4-11(7-15)8-16/h6,8,11H,3-5,7H2,1-2H3. The van der Waals surface area contributed by atoms with E-state index in [1.807, 2.05) is 19.9 Å². The maximum atomic E-state index is 10.8. The summed E-state index contributed by atoms with van der Waals surface area (Å²) in [5.74, 6) is 0.905. The van der Waals surface area contributed by atoms with E-state index >= 15 is 0 Å². The summed E-state index contributed by atoms with van der Waals surface area (Å²) in [7, 11) is 0. The Labute approximate surface area is 95.7 Å². The van der Waals surface area contributed by atoms with Crippen LogP contribution in [-0.4, -0.2) is 29.3 Å². The predicted octanol–water partition coefficient (Wildman–Crippen LogP) is 1.51. The van der Waals surface area contributed by atoms with Gasteiger partial charge in [-0.25, -0.2) is 9.97 Å². The molecule has 1 unspecified atom stereocenters. The van der Waals surface area contributed by atoms with E-state index < -0.39 is 0 Å². The van der Waals surface area contributed by atoms with Crippen LogP contribution in [-0.2, 0) is 4.79 Å². The summed E-state index contributed by atoms with van der Waals surface area (Å²) in [6.45, 7) is 5.65. The lowest BCUT2D eigenvalue weighted by Crippen LogP contribution is -2.37. The Hall–Kier alpha value is -1.45. The smallest absolute Gasteiger partial charge is 0.225 e. The fourth-order valence-electron chi connectivity index (χ4n) is 2.15. The van der Waals surface area contributed by atoms with E-state index in [1.165, 1.54) is 0 Å². The van der Waals surface area contributed by atoms with Gasteiger partial charge in [-0.05, 0) is 32.8 Å². The Kier molecular flexibility index (Phi) is 3.17. The Morgan fingerprint density at radius 1 is 1.38 bits per heavy atom. The molecule has 0 N–H and O–H groups in total. The third kappa shape index (κ3) is 2.38. The lowest BCUT2D eigenvalue weighted by Gasteiger charge is -2.30. The van der Waals surface area contributed by atoms with Gasteiger partial charge in [0.2, 0.25) is 5.95 Å². The van der Waals surface area contributed by atoms with Gasteiger partial charge in [-0.15, -0.1) is 0 Å². The quantitative estimate of drug-likeness (QED) is 0.707. The van der Waals surface area contributed by atoms with Gasteiger partial charge in [0.1, 0.15) is 6.29 Å². The van der Waals surface area contributed by atoms with Gasteiger partial charge in [-0.1, -0.05) is 0 Å². The molecular weight excluding hydrogens is 202 g/mol. The first-order valence-electron chi connectivity index (χ1n) is 5.71. The van der Waals surface area contributed by atoms with Crippen molar-refractivity contribution >= 4 is 12.2 Å². The fourth-order valence-corrected chi connectivity index (χ4v) is 2.15. The van der Waals surface area contributed by atoms with E-state index in [0.29, 0.717) is 0 Å². The average Bonchev–Trinajstić information content (AvgIpc) is 2.28. The molecule has 1 aromatic heterocycles. The van der Waals surface area contributed by atoms with Crippen molar-refractivity contribution in [3.8, 4) is 0 Å². The zero-order chi connectivity index (χ0) is 11.5. The largest absolute Gasteiger partial charge is 0.340 e. The molecule has 0 aliphatic carbocycles. The van der Waals surface area contributed by atoms with E-state index in [9.17, 15) is 4.79 Å². The Morgan fingerprint density at radius 2 is 2.06 bits per heavy atom. The Bertz CT molecular complexity index is 372. The highest BCUT2D eigenvalue weighted by atomic mass is 16.1. The molecule has 1 fully saturated rings. The highest BCUT2D eigenvalue weighted by Gasteiger charge is 2.21. The average molecular weight is 219 g/mol. The highest BCUT2D eigenvalue weighted by molar-refractivity contribution is 5.55. The van der Waals surface area contributed by atoms with Crippen LogP contribution in [0.2, 0.25) is 0 Å². The number of hydrogen-bond donors (Lipinski definition) is 0. The summed E-state index contributed by atoms with van der Waals surface area (Å²) in [4.78, 5) is 21.8. The van der Waals surface area contributed by atoms with Crippen molar-refractivity contribution in [2.24, 2.45) is 5.92 Å². The monoisotopic (exact) mass is 219 g/mol. The van der Waals surface area contributed by atoms with Crippen LogP contribution in [0.5, 0.6) is 0 Å². The molecule has 1 aromatic rings. The summed E-state index contributed by atoms with van der Waals surface area (Å²) < 4.78 is 0. The number of aryl methyl sites for hydroxylation is 2. The molecule has 1 aliphatic heterocycles. The summed E-state index contributed by atoms with van der Waals surface area (Å²) >= 11 is 0. The molecule has 2 rings (SSSR count). The first-order valence-corrected chi connectivity index (χ1v) is 5.71. The van der Waals surface area contributed by atoms with Crippen molar-refractivity contribution in [1.29, 1.82) is 0 Å². The van der Waals surface area contributed by atoms with Crippen LogP contribution < -0.4 is 4.90 Å². The second-order valence-electron chi connectivity index (χ2n) is 4.44. The highest BCUT2D eigenvalue weighted by Crippen LogP contribution is 2.19. The number of aromatic nitrogens is 2. The fraction of sp³-hybridized carbons (Fsp3) is 0.583. The molecule has 1 aliphatic rings. The molecule has 1 atom stereocenters. The number of anilines is 1. The van der Waals surface area contributed by atoms with Crippen LogP contribution in [0.4, 0.5) is 5.95 Å². The van der Waals surface area contributed by atoms with Crippen molar-refractivity contribution < 1.29 is 4.79 Å². The van der Waals surface area contributed by atoms with Crippen molar-refractivity contribution in [3.63, 3.8) is 0 Å². The van der Waals surface area contributed by atoms with Crippen molar-refractivity contribution in [1.82, 2.24) is 9.97 Å². The number of piperidine rings is 1. The van der Waals surface area contributed by atoms with Gasteiger partial charge < -0.3 is 9.69 Å². The summed E-state index contributed by atoms with van der Waals surface area (Å²) in [5.41, 5.74) is 1.96. The first-order chi connectivity index (χ1) is 7.69. The van der Waals surface area contributed by atoms with Gasteiger partial charge in [-0.2, -0.15) is 0 Å². The summed E-state index contributed by atoms with van der Waals surface area (Å²) in [5, 5.41) is 0. The molecular formula is C12H17N3O. The van der Waals surface area contributed by atoms with E-state index in [-0.39, 0.29) is 5.92 Å². The zero-order valence-corrected chi connectivity index (χ0v) is 9.81. The molecule has 0 bridgehead atoms. The molecule has 2 heterocycles. The first kappa shape index (κ1) is 11.0. The maximum Gasteiger partial charge on any atom is 0.225 e. The van der Waals surface area contributed by atoms with E-state index in [4.69, 9.17) is 0 Å². The second kappa shape index (κ2) is 4.60. The van der Waals surface area contributed by atoms with Crippen LogP contribution in [0, 0.1) is 19.8 Å². The number of rotatable bonds is 2. The normalized spacial score (nSPS) is 20.9. The predicted molar refractivity (Wildman–Crippen MR) is 62.5 cm³/mol. The topological polar surface area (TPSA) is 46.1 Å². The molecule has 0 aromatic carbocycles. The number of hydrogen-bond acceptors (Lipinski definition) is 4. The van der Waals surface area contributed by atoms with E-state index in [0.717, 1.165) is 49.6 Å². The third-order valence-corrected chi connectivity index (χ3v) is 2.90. The van der Waals surface area contributed by atoms with Gasteiger partial charge in [0.15, 0.2) is 0 Å². The van der Waals surface area contributed by atoms with Gasteiger partial charge in [0.05, 0.1) is 0 Å². The molecule has 4 nitrogen and oxygen atoms in total. The molecule has 0 amide bonds. The summed E-state index contributed by atoms with van der Waals surface area (Å²) in [6.07, 6.45) is 3.08. The van der Waals surface area contributed by atoms with Gasteiger partial charge in [0, 0.05) is 30.4 Å². The zero-order valence-electron chi connectivity index (χ0n) is 9.81. The molecule has 16 heavy (non-hydrogen) atoms. The third-order valence-electron chi connectivity index (χ3n) is 2.90. The lowest BCUT2D eigenvalue weighted by molar-refractivity contribution is -0.111. The maximum absolute atomic E-state index is 10.8. The molecule has 0 spiro atoms. The summed E-state index contributed by atoms with van der Waals surface area (Å²) in [6, 6.07) is 1.96. The van der Waals surface area contributed by atoms with E-state index in [2.05, 4.69) is 14.9 Å². The van der Waals surface area contributed by atoms with Crippen LogP contribution in [0.25, 0.3) is 0 Å². The molecule has 0 saturated carbocycles. The molecule has 1 saturated heterocycles. The number of aldehydes is 1. The van der Waals surface area contributed by atoms with E-state index in [1.54, 1.807) is 0 Å². The number of carbonyl (C=O) groups excluding carboxylic acids is 1. The molecule has 0 radical (unpaired) electrons. The number of carbonyl (C=O) groups is 1. The van der Waals surface area contributed by atoms with Gasteiger partial charge >= 0.3 is 0 Å². The van der Waals surface area contributed by atoms with Crippen LogP contribution >= 0.6 is 0 Å². The number of nitrogens with zero attached hydrogens (tertiary/aromatic N) is 3. The second-order valence-corrected chi connectivity index (χ2v) is 4.44. The minimum atomic E-state index is 0.137. The minimum Gasteiger partial charge on any atom is -0.340 e.